The number of aryl methyl sites for hydroxylation is 1. The van der Waals surface area contributed by atoms with Gasteiger partial charge in [-0.05, 0) is 38.0 Å². The van der Waals surface area contributed by atoms with E-state index >= 15 is 0 Å². The predicted molar refractivity (Wildman–Crippen MR) is 63.5 cm³/mol. The maximum atomic E-state index is 11.6. The Morgan fingerprint density at radius 1 is 1.27 bits per heavy atom. The highest BCUT2D eigenvalue weighted by molar-refractivity contribution is 7.91. The lowest BCUT2D eigenvalue weighted by atomic mass is 9.99. The van der Waals surface area contributed by atoms with E-state index in [1.165, 1.54) is 6.26 Å². The molecule has 0 saturated carbocycles. The molecule has 0 bridgehead atoms. The first kappa shape index (κ1) is 12.0. The van der Waals surface area contributed by atoms with Gasteiger partial charge in [0.25, 0.3) is 0 Å². The Morgan fingerprint density at radius 2 is 1.80 bits per heavy atom. The first-order valence-corrected chi connectivity index (χ1v) is 6.61. The van der Waals surface area contributed by atoms with Crippen LogP contribution in [0.3, 0.4) is 0 Å². The third kappa shape index (κ3) is 2.15. The Morgan fingerprint density at radius 3 is 2.20 bits per heavy atom. The first-order chi connectivity index (χ1) is 6.66. The number of nitrogens with two attached hydrogens (primary N) is 1. The summed E-state index contributed by atoms with van der Waals surface area (Å²) in [5.41, 5.74) is 8.06. The van der Waals surface area contributed by atoms with Crippen molar-refractivity contribution in [3.8, 4) is 0 Å². The molecule has 84 valence electrons. The summed E-state index contributed by atoms with van der Waals surface area (Å²) in [5.74, 6) is 0. The van der Waals surface area contributed by atoms with Gasteiger partial charge in [-0.3, -0.25) is 0 Å². The molecule has 1 rings (SSSR count). The van der Waals surface area contributed by atoms with Gasteiger partial charge in [0.2, 0.25) is 0 Å². The molecule has 0 amide bonds. The summed E-state index contributed by atoms with van der Waals surface area (Å²) in [4.78, 5) is 0. The molecule has 0 aromatic heterocycles. The molecule has 15 heavy (non-hydrogen) atoms. The van der Waals surface area contributed by atoms with Crippen molar-refractivity contribution in [1.29, 1.82) is 0 Å². The van der Waals surface area contributed by atoms with E-state index in [9.17, 15) is 8.42 Å². The molecule has 0 fully saturated rings. The molecule has 0 atom stereocenters. The summed E-state index contributed by atoms with van der Waals surface area (Å²) in [6.07, 6.45) is 1.25. The van der Waals surface area contributed by atoms with Gasteiger partial charge >= 0.3 is 0 Å². The fourth-order valence-corrected chi connectivity index (χ4v) is 1.82. The molecular formula is C11H17NO2S. The minimum absolute atomic E-state index is 0.683. The Kier molecular flexibility index (Phi) is 2.83. The molecule has 0 radical (unpaired) electrons. The number of rotatable bonds is 2. The summed E-state index contributed by atoms with van der Waals surface area (Å²) in [6.45, 7) is 5.28. The predicted octanol–water partition coefficient (Wildman–Crippen LogP) is 1.86. The van der Waals surface area contributed by atoms with Crippen LogP contribution in [0.5, 0.6) is 0 Å². The van der Waals surface area contributed by atoms with E-state index < -0.39 is 14.6 Å². The SMILES string of the molecule is Cc1cc(C(C)(C)S(C)(=O)=O)ccc1N. The molecule has 0 spiro atoms. The largest absolute Gasteiger partial charge is 0.399 e. The highest BCUT2D eigenvalue weighted by Gasteiger charge is 2.32. The van der Waals surface area contributed by atoms with Gasteiger partial charge in [-0.25, -0.2) is 8.42 Å². The normalized spacial score (nSPS) is 12.8. The number of hydrogen-bond acceptors (Lipinski definition) is 3. The molecule has 1 aromatic carbocycles. The van der Waals surface area contributed by atoms with Gasteiger partial charge in [0.05, 0.1) is 4.75 Å². The van der Waals surface area contributed by atoms with Crippen molar-refractivity contribution in [3.05, 3.63) is 29.3 Å². The van der Waals surface area contributed by atoms with Crippen LogP contribution in [0.25, 0.3) is 0 Å². The smallest absolute Gasteiger partial charge is 0.156 e. The van der Waals surface area contributed by atoms with Gasteiger partial charge in [0.1, 0.15) is 0 Å². The zero-order valence-corrected chi connectivity index (χ0v) is 10.4. The van der Waals surface area contributed by atoms with Crippen LogP contribution in [0, 0.1) is 6.92 Å². The van der Waals surface area contributed by atoms with Crippen molar-refractivity contribution in [3.63, 3.8) is 0 Å². The van der Waals surface area contributed by atoms with Crippen molar-refractivity contribution >= 4 is 15.5 Å². The number of anilines is 1. The van der Waals surface area contributed by atoms with Crippen LogP contribution in [0.4, 0.5) is 5.69 Å². The third-order valence-electron chi connectivity index (χ3n) is 2.89. The second kappa shape index (κ2) is 3.52. The lowest BCUT2D eigenvalue weighted by molar-refractivity contribution is 0.561. The van der Waals surface area contributed by atoms with Crippen LogP contribution in [-0.2, 0) is 14.6 Å². The van der Waals surface area contributed by atoms with Crippen LogP contribution >= 0.6 is 0 Å². The highest BCUT2D eigenvalue weighted by Crippen LogP contribution is 2.30. The van der Waals surface area contributed by atoms with E-state index in [0.717, 1.165) is 11.1 Å². The molecule has 0 aliphatic rings. The summed E-state index contributed by atoms with van der Waals surface area (Å²) < 4.78 is 22.4. The lowest BCUT2D eigenvalue weighted by Crippen LogP contribution is -2.28. The standard InChI is InChI=1S/C11H17NO2S/c1-8-7-9(5-6-10(8)12)11(2,3)15(4,13)14/h5-7H,12H2,1-4H3. The second-order valence-corrected chi connectivity index (χ2v) is 6.92. The maximum absolute atomic E-state index is 11.6. The van der Waals surface area contributed by atoms with Crippen LogP contribution in [-0.4, -0.2) is 14.7 Å². The quantitative estimate of drug-likeness (QED) is 0.784. The Hall–Kier alpha value is -1.03. The van der Waals surface area contributed by atoms with E-state index in [1.807, 2.05) is 13.0 Å². The molecule has 1 aromatic rings. The van der Waals surface area contributed by atoms with Crippen LogP contribution < -0.4 is 5.73 Å². The average Bonchev–Trinajstić information content (AvgIpc) is 2.07. The summed E-state index contributed by atoms with van der Waals surface area (Å²) in [7, 11) is -3.13. The van der Waals surface area contributed by atoms with E-state index in [0.29, 0.717) is 5.69 Å². The Balaban J connectivity index is 3.35. The Labute approximate surface area is 91.2 Å². The van der Waals surface area contributed by atoms with Crippen LogP contribution in [0.15, 0.2) is 18.2 Å². The summed E-state index contributed by atoms with van der Waals surface area (Å²) >= 11 is 0. The van der Waals surface area contributed by atoms with Crippen molar-refractivity contribution in [2.45, 2.75) is 25.5 Å². The molecular weight excluding hydrogens is 210 g/mol. The van der Waals surface area contributed by atoms with E-state index in [1.54, 1.807) is 26.0 Å². The minimum atomic E-state index is -3.13. The number of hydrogen-bond donors (Lipinski definition) is 1. The van der Waals surface area contributed by atoms with Gasteiger partial charge in [0.15, 0.2) is 9.84 Å². The van der Waals surface area contributed by atoms with Gasteiger partial charge < -0.3 is 5.73 Å². The monoisotopic (exact) mass is 227 g/mol. The maximum Gasteiger partial charge on any atom is 0.156 e. The highest BCUT2D eigenvalue weighted by atomic mass is 32.2. The zero-order chi connectivity index (χ0) is 11.9. The first-order valence-electron chi connectivity index (χ1n) is 4.72. The van der Waals surface area contributed by atoms with Crippen molar-refractivity contribution in [2.24, 2.45) is 0 Å². The average molecular weight is 227 g/mol. The fraction of sp³-hybridized carbons (Fsp3) is 0.455. The van der Waals surface area contributed by atoms with E-state index in [2.05, 4.69) is 0 Å². The summed E-state index contributed by atoms with van der Waals surface area (Å²) in [5, 5.41) is 0. The van der Waals surface area contributed by atoms with Gasteiger partial charge in [0, 0.05) is 11.9 Å². The van der Waals surface area contributed by atoms with Crippen molar-refractivity contribution < 1.29 is 8.42 Å². The van der Waals surface area contributed by atoms with Crippen molar-refractivity contribution in [2.75, 3.05) is 12.0 Å². The molecule has 4 heteroatoms. The molecule has 3 nitrogen and oxygen atoms in total. The number of nitrogen functional groups attached to an aromatic ring is 1. The van der Waals surface area contributed by atoms with Crippen molar-refractivity contribution in [1.82, 2.24) is 0 Å². The van der Waals surface area contributed by atoms with Crippen LogP contribution in [0.2, 0.25) is 0 Å². The number of sulfone groups is 1. The topological polar surface area (TPSA) is 60.2 Å². The van der Waals surface area contributed by atoms with Gasteiger partial charge in [-0.1, -0.05) is 12.1 Å². The molecule has 2 N–H and O–H groups in total. The number of benzene rings is 1. The molecule has 0 aliphatic heterocycles. The minimum Gasteiger partial charge on any atom is -0.399 e. The molecule has 0 saturated heterocycles. The van der Waals surface area contributed by atoms with Gasteiger partial charge in [-0.15, -0.1) is 0 Å². The van der Waals surface area contributed by atoms with Gasteiger partial charge in [-0.2, -0.15) is 0 Å². The second-order valence-electron chi connectivity index (χ2n) is 4.35. The van der Waals surface area contributed by atoms with E-state index in [-0.39, 0.29) is 0 Å². The lowest BCUT2D eigenvalue weighted by Gasteiger charge is -2.23. The third-order valence-corrected chi connectivity index (χ3v) is 4.98. The molecule has 0 aliphatic carbocycles. The molecule has 0 heterocycles. The Bertz CT molecular complexity index is 475. The molecule has 0 unspecified atom stereocenters. The summed E-state index contributed by atoms with van der Waals surface area (Å²) in [6, 6.07) is 5.34. The van der Waals surface area contributed by atoms with Crippen LogP contribution in [0.1, 0.15) is 25.0 Å². The fourth-order valence-electron chi connectivity index (χ4n) is 1.26. The van der Waals surface area contributed by atoms with E-state index in [4.69, 9.17) is 5.73 Å². The zero-order valence-electron chi connectivity index (χ0n) is 9.53.